The van der Waals surface area contributed by atoms with Gasteiger partial charge in [0.15, 0.2) is 0 Å². The number of amides is 1. The van der Waals surface area contributed by atoms with E-state index in [-0.39, 0.29) is 5.91 Å². The van der Waals surface area contributed by atoms with Crippen molar-refractivity contribution in [3.63, 3.8) is 0 Å². The van der Waals surface area contributed by atoms with Crippen LogP contribution in [0.1, 0.15) is 30.4 Å². The Balaban J connectivity index is 1.57. The van der Waals surface area contributed by atoms with E-state index in [1.165, 1.54) is 24.8 Å². The molecule has 4 nitrogen and oxygen atoms in total. The molecule has 1 aromatic carbocycles. The third-order valence-electron chi connectivity index (χ3n) is 4.40. The predicted molar refractivity (Wildman–Crippen MR) is 102 cm³/mol. The fourth-order valence-corrected chi connectivity index (χ4v) is 3.64. The normalized spacial score (nSPS) is 15.2. The lowest BCUT2D eigenvalue weighted by Crippen LogP contribution is -2.36. The fourth-order valence-electron chi connectivity index (χ4n) is 2.97. The molecule has 0 unspecified atom stereocenters. The van der Waals surface area contributed by atoms with Crippen LogP contribution in [0.2, 0.25) is 0 Å². The molecule has 1 aliphatic rings. The van der Waals surface area contributed by atoms with Crippen LogP contribution in [0.25, 0.3) is 0 Å². The van der Waals surface area contributed by atoms with Crippen molar-refractivity contribution in [2.24, 2.45) is 0 Å². The summed E-state index contributed by atoms with van der Waals surface area (Å²) in [5.74, 6) is 0.0787. The minimum atomic E-state index is 0.0787. The maximum absolute atomic E-state index is 12.3. The zero-order valence-corrected chi connectivity index (χ0v) is 15.0. The van der Waals surface area contributed by atoms with Gasteiger partial charge in [0, 0.05) is 17.9 Å². The number of benzene rings is 1. The van der Waals surface area contributed by atoms with Gasteiger partial charge in [-0.25, -0.2) is 0 Å². The quantitative estimate of drug-likeness (QED) is 0.830. The van der Waals surface area contributed by atoms with Crippen molar-refractivity contribution >= 4 is 28.6 Å². The molecule has 1 saturated heterocycles. The molecule has 0 spiro atoms. The molecule has 24 heavy (non-hydrogen) atoms. The van der Waals surface area contributed by atoms with E-state index >= 15 is 0 Å². The maximum atomic E-state index is 12.3. The lowest BCUT2D eigenvalue weighted by Gasteiger charge is -2.25. The van der Waals surface area contributed by atoms with Gasteiger partial charge in [-0.15, -0.1) is 0 Å². The number of rotatable bonds is 6. The molecule has 2 aromatic rings. The second-order valence-corrected chi connectivity index (χ2v) is 7.18. The van der Waals surface area contributed by atoms with E-state index in [9.17, 15) is 4.79 Å². The molecule has 1 aromatic heterocycles. The number of thiophene rings is 1. The second-order valence-electron chi connectivity index (χ2n) is 6.40. The summed E-state index contributed by atoms with van der Waals surface area (Å²) in [7, 11) is 0. The number of hydrogen-bond acceptors (Lipinski definition) is 4. The molecule has 0 atom stereocenters. The molecule has 0 radical (unpaired) electrons. The maximum Gasteiger partial charge on any atom is 0.238 e. The standard InChI is InChI=1S/C19H25N3OS/c1-15-5-6-17(20-12-16-7-10-24-14-16)11-18(15)21-19(23)13-22-8-3-2-4-9-22/h5-7,10-11,14,20H,2-4,8-9,12-13H2,1H3,(H,21,23). The van der Waals surface area contributed by atoms with E-state index in [2.05, 4.69) is 38.4 Å². The average molecular weight is 343 g/mol. The molecule has 3 rings (SSSR count). The van der Waals surface area contributed by atoms with Gasteiger partial charge in [0.25, 0.3) is 0 Å². The monoisotopic (exact) mass is 343 g/mol. The Kier molecular flexibility index (Phi) is 5.88. The molecular formula is C19H25N3OS. The molecule has 128 valence electrons. The molecule has 2 heterocycles. The summed E-state index contributed by atoms with van der Waals surface area (Å²) >= 11 is 1.70. The summed E-state index contributed by atoms with van der Waals surface area (Å²) < 4.78 is 0. The van der Waals surface area contributed by atoms with Crippen molar-refractivity contribution < 1.29 is 4.79 Å². The first kappa shape index (κ1) is 17.0. The number of nitrogens with zero attached hydrogens (tertiary/aromatic N) is 1. The Morgan fingerprint density at radius 1 is 1.21 bits per heavy atom. The summed E-state index contributed by atoms with van der Waals surface area (Å²) in [4.78, 5) is 14.6. The molecular weight excluding hydrogens is 318 g/mol. The number of hydrogen-bond donors (Lipinski definition) is 2. The van der Waals surface area contributed by atoms with E-state index in [0.717, 1.165) is 36.6 Å². The van der Waals surface area contributed by atoms with E-state index in [4.69, 9.17) is 0 Å². The first-order valence-corrected chi connectivity index (χ1v) is 9.53. The minimum absolute atomic E-state index is 0.0787. The highest BCUT2D eigenvalue weighted by Crippen LogP contribution is 2.21. The highest BCUT2D eigenvalue weighted by Gasteiger charge is 2.14. The number of nitrogens with one attached hydrogen (secondary N) is 2. The topological polar surface area (TPSA) is 44.4 Å². The van der Waals surface area contributed by atoms with Crippen molar-refractivity contribution in [2.75, 3.05) is 30.3 Å². The van der Waals surface area contributed by atoms with Crippen molar-refractivity contribution in [3.05, 3.63) is 46.2 Å². The SMILES string of the molecule is Cc1ccc(NCc2ccsc2)cc1NC(=O)CN1CCCCC1. The van der Waals surface area contributed by atoms with E-state index in [1.54, 1.807) is 11.3 Å². The van der Waals surface area contributed by atoms with Crippen LogP contribution in [0.3, 0.4) is 0 Å². The summed E-state index contributed by atoms with van der Waals surface area (Å²) in [6.07, 6.45) is 3.69. The number of piperidine rings is 1. The fraction of sp³-hybridized carbons (Fsp3) is 0.421. The van der Waals surface area contributed by atoms with Crippen molar-refractivity contribution in [1.29, 1.82) is 0 Å². The van der Waals surface area contributed by atoms with Gasteiger partial charge in [0.05, 0.1) is 6.54 Å². The van der Waals surface area contributed by atoms with Gasteiger partial charge in [0.1, 0.15) is 0 Å². The Bertz CT molecular complexity index is 663. The van der Waals surface area contributed by atoms with Crippen LogP contribution in [0.4, 0.5) is 11.4 Å². The Morgan fingerprint density at radius 2 is 2.04 bits per heavy atom. The molecule has 1 aliphatic heterocycles. The number of carbonyl (C=O) groups excluding carboxylic acids is 1. The van der Waals surface area contributed by atoms with E-state index < -0.39 is 0 Å². The Hall–Kier alpha value is -1.85. The second kappa shape index (κ2) is 8.31. The molecule has 0 aliphatic carbocycles. The van der Waals surface area contributed by atoms with Gasteiger partial charge in [-0.1, -0.05) is 12.5 Å². The van der Waals surface area contributed by atoms with Crippen LogP contribution in [-0.2, 0) is 11.3 Å². The Labute approximate surface area is 147 Å². The lowest BCUT2D eigenvalue weighted by molar-refractivity contribution is -0.117. The highest BCUT2D eigenvalue weighted by atomic mass is 32.1. The number of aryl methyl sites for hydroxylation is 1. The van der Waals surface area contributed by atoms with E-state index in [0.29, 0.717) is 6.54 Å². The van der Waals surface area contributed by atoms with Crippen molar-refractivity contribution in [2.45, 2.75) is 32.7 Å². The van der Waals surface area contributed by atoms with Crippen molar-refractivity contribution in [1.82, 2.24) is 4.90 Å². The molecule has 1 fully saturated rings. The van der Waals surface area contributed by atoms with Crippen LogP contribution < -0.4 is 10.6 Å². The molecule has 1 amide bonds. The zero-order chi connectivity index (χ0) is 16.8. The highest BCUT2D eigenvalue weighted by molar-refractivity contribution is 7.07. The zero-order valence-electron chi connectivity index (χ0n) is 14.2. The van der Waals surface area contributed by atoms with Gasteiger partial charge < -0.3 is 10.6 Å². The summed E-state index contributed by atoms with van der Waals surface area (Å²) in [6.45, 7) is 5.39. The van der Waals surface area contributed by atoms with Gasteiger partial charge in [-0.2, -0.15) is 11.3 Å². The molecule has 5 heteroatoms. The lowest BCUT2D eigenvalue weighted by atomic mass is 10.1. The van der Waals surface area contributed by atoms with Gasteiger partial charge in [-0.3, -0.25) is 9.69 Å². The number of anilines is 2. The smallest absolute Gasteiger partial charge is 0.238 e. The first-order valence-electron chi connectivity index (χ1n) is 8.58. The predicted octanol–water partition coefficient (Wildman–Crippen LogP) is 4.09. The van der Waals surface area contributed by atoms with Crippen LogP contribution >= 0.6 is 11.3 Å². The Morgan fingerprint density at radius 3 is 2.79 bits per heavy atom. The van der Waals surface area contributed by atoms with Crippen LogP contribution in [-0.4, -0.2) is 30.4 Å². The van der Waals surface area contributed by atoms with Crippen LogP contribution in [0, 0.1) is 6.92 Å². The minimum Gasteiger partial charge on any atom is -0.381 e. The van der Waals surface area contributed by atoms with Gasteiger partial charge in [-0.05, 0) is 72.9 Å². The van der Waals surface area contributed by atoms with Crippen LogP contribution in [0.5, 0.6) is 0 Å². The first-order chi connectivity index (χ1) is 11.7. The third-order valence-corrected chi connectivity index (χ3v) is 5.14. The summed E-state index contributed by atoms with van der Waals surface area (Å²) in [5.41, 5.74) is 4.28. The summed E-state index contributed by atoms with van der Waals surface area (Å²) in [6, 6.07) is 8.25. The summed E-state index contributed by atoms with van der Waals surface area (Å²) in [5, 5.41) is 10.7. The molecule has 2 N–H and O–H groups in total. The van der Waals surface area contributed by atoms with Crippen molar-refractivity contribution in [3.8, 4) is 0 Å². The largest absolute Gasteiger partial charge is 0.381 e. The third kappa shape index (κ3) is 4.82. The number of carbonyl (C=O) groups is 1. The van der Waals surface area contributed by atoms with E-state index in [1.807, 2.05) is 19.1 Å². The van der Waals surface area contributed by atoms with Gasteiger partial charge in [0.2, 0.25) is 5.91 Å². The molecule has 0 bridgehead atoms. The number of likely N-dealkylation sites (tertiary alicyclic amines) is 1. The molecule has 0 saturated carbocycles. The van der Waals surface area contributed by atoms with Crippen LogP contribution in [0.15, 0.2) is 35.0 Å². The van der Waals surface area contributed by atoms with Gasteiger partial charge >= 0.3 is 0 Å². The average Bonchev–Trinajstić information content (AvgIpc) is 3.10.